The van der Waals surface area contributed by atoms with Crippen molar-refractivity contribution in [2.24, 2.45) is 17.6 Å². The standard InChI is InChI=1S/C18H26N6O3S/c1-11-7-12(2)9-23(8-11)17-21-22-18(24(17)10-14-5-4-6-27-14)28-13(3)15(25)20-16(19)26/h4-6,11-13H,7-10H2,1-3H3,(H3,19,20,25,26)/t11-,12-,13+/m1/s1. The highest BCUT2D eigenvalue weighted by molar-refractivity contribution is 8.00. The Labute approximate surface area is 168 Å². The Balaban J connectivity index is 1.86. The minimum atomic E-state index is -0.869. The first-order valence-corrected chi connectivity index (χ1v) is 10.2. The third-order valence-electron chi connectivity index (χ3n) is 4.64. The van der Waals surface area contributed by atoms with Crippen LogP contribution in [0.15, 0.2) is 28.0 Å². The second-order valence-electron chi connectivity index (χ2n) is 7.41. The van der Waals surface area contributed by atoms with Gasteiger partial charge in [0.25, 0.3) is 0 Å². The minimum Gasteiger partial charge on any atom is -0.467 e. The number of nitrogens with two attached hydrogens (primary N) is 1. The minimum absolute atomic E-state index is 0.459. The summed E-state index contributed by atoms with van der Waals surface area (Å²) < 4.78 is 7.47. The Morgan fingerprint density at radius 1 is 1.36 bits per heavy atom. The molecule has 0 saturated carbocycles. The Hall–Kier alpha value is -2.49. The van der Waals surface area contributed by atoms with Crippen LogP contribution in [0.2, 0.25) is 0 Å². The van der Waals surface area contributed by atoms with Crippen molar-refractivity contribution in [1.29, 1.82) is 0 Å². The van der Waals surface area contributed by atoms with Crippen molar-refractivity contribution in [3.05, 3.63) is 24.2 Å². The van der Waals surface area contributed by atoms with Crippen LogP contribution in [0.25, 0.3) is 0 Å². The fraction of sp³-hybridized carbons (Fsp3) is 0.556. The molecule has 152 valence electrons. The number of carbonyl (C=O) groups excluding carboxylic acids is 2. The van der Waals surface area contributed by atoms with Gasteiger partial charge < -0.3 is 15.1 Å². The van der Waals surface area contributed by atoms with Gasteiger partial charge in [-0.3, -0.25) is 14.7 Å². The van der Waals surface area contributed by atoms with Gasteiger partial charge in [-0.1, -0.05) is 25.6 Å². The van der Waals surface area contributed by atoms with Gasteiger partial charge in [0.05, 0.1) is 18.1 Å². The van der Waals surface area contributed by atoms with E-state index in [-0.39, 0.29) is 0 Å². The molecule has 1 saturated heterocycles. The van der Waals surface area contributed by atoms with E-state index in [0.717, 1.165) is 24.8 Å². The second-order valence-corrected chi connectivity index (χ2v) is 8.72. The second kappa shape index (κ2) is 8.68. The summed E-state index contributed by atoms with van der Waals surface area (Å²) in [4.78, 5) is 25.3. The number of aromatic nitrogens is 3. The topological polar surface area (TPSA) is 119 Å². The van der Waals surface area contributed by atoms with Crippen LogP contribution in [0.5, 0.6) is 0 Å². The average Bonchev–Trinajstić information content (AvgIpc) is 3.24. The van der Waals surface area contributed by atoms with Gasteiger partial charge >= 0.3 is 6.03 Å². The lowest BCUT2D eigenvalue weighted by Crippen LogP contribution is -2.40. The van der Waals surface area contributed by atoms with E-state index in [9.17, 15) is 9.59 Å². The van der Waals surface area contributed by atoms with Crippen molar-refractivity contribution in [2.45, 2.75) is 44.1 Å². The monoisotopic (exact) mass is 406 g/mol. The lowest BCUT2D eigenvalue weighted by molar-refractivity contribution is -0.119. The summed E-state index contributed by atoms with van der Waals surface area (Å²) in [6.07, 6.45) is 2.81. The lowest BCUT2D eigenvalue weighted by atomic mass is 9.92. The molecule has 1 aliphatic heterocycles. The zero-order valence-corrected chi connectivity index (χ0v) is 17.1. The molecule has 1 aliphatic rings. The number of amides is 3. The molecule has 9 nitrogen and oxygen atoms in total. The summed E-state index contributed by atoms with van der Waals surface area (Å²) in [5.41, 5.74) is 5.04. The molecule has 3 amide bonds. The van der Waals surface area contributed by atoms with Gasteiger partial charge in [0.2, 0.25) is 11.9 Å². The molecule has 0 spiro atoms. The number of rotatable bonds is 6. The molecule has 0 aromatic carbocycles. The van der Waals surface area contributed by atoms with Crippen LogP contribution in [0.4, 0.5) is 10.7 Å². The van der Waals surface area contributed by atoms with Crippen molar-refractivity contribution < 1.29 is 14.0 Å². The van der Waals surface area contributed by atoms with Crippen LogP contribution < -0.4 is 16.0 Å². The molecule has 0 aliphatic carbocycles. The molecule has 0 bridgehead atoms. The zero-order valence-electron chi connectivity index (χ0n) is 16.3. The molecule has 2 aromatic rings. The Kier molecular flexibility index (Phi) is 6.28. The Bertz CT molecular complexity index is 811. The van der Waals surface area contributed by atoms with Crippen molar-refractivity contribution >= 4 is 29.6 Å². The Morgan fingerprint density at radius 2 is 2.07 bits per heavy atom. The summed E-state index contributed by atoms with van der Waals surface area (Å²) in [5, 5.41) is 10.9. The summed E-state index contributed by atoms with van der Waals surface area (Å²) in [7, 11) is 0. The Morgan fingerprint density at radius 3 is 2.68 bits per heavy atom. The third kappa shape index (κ3) is 4.86. The molecular weight excluding hydrogens is 380 g/mol. The molecular formula is C18H26N6O3S. The number of furan rings is 1. The predicted molar refractivity (Wildman–Crippen MR) is 106 cm³/mol. The smallest absolute Gasteiger partial charge is 0.318 e. The van der Waals surface area contributed by atoms with Gasteiger partial charge in [-0.25, -0.2) is 4.79 Å². The fourth-order valence-corrected chi connectivity index (χ4v) is 4.40. The highest BCUT2D eigenvalue weighted by Gasteiger charge is 2.28. The first-order chi connectivity index (χ1) is 13.3. The van der Waals surface area contributed by atoms with Crippen molar-refractivity contribution in [2.75, 3.05) is 18.0 Å². The van der Waals surface area contributed by atoms with Crippen LogP contribution in [-0.2, 0) is 11.3 Å². The zero-order chi connectivity index (χ0) is 20.3. The summed E-state index contributed by atoms with van der Waals surface area (Å²) in [6.45, 7) is 8.44. The molecule has 3 N–H and O–H groups in total. The number of imide groups is 1. The largest absolute Gasteiger partial charge is 0.467 e. The van der Waals surface area contributed by atoms with E-state index in [0.29, 0.717) is 23.5 Å². The number of hydrogen-bond acceptors (Lipinski definition) is 7. The van der Waals surface area contributed by atoms with Gasteiger partial charge in [0.1, 0.15) is 5.76 Å². The van der Waals surface area contributed by atoms with E-state index in [1.807, 2.05) is 16.7 Å². The number of primary amides is 1. The number of urea groups is 1. The van der Waals surface area contributed by atoms with E-state index in [1.54, 1.807) is 13.2 Å². The van der Waals surface area contributed by atoms with Crippen LogP contribution >= 0.6 is 11.8 Å². The predicted octanol–water partition coefficient (Wildman–Crippen LogP) is 2.08. The van der Waals surface area contributed by atoms with Crippen LogP contribution in [0.1, 0.15) is 33.0 Å². The number of piperidine rings is 1. The van der Waals surface area contributed by atoms with Gasteiger partial charge in [-0.05, 0) is 37.3 Å². The van der Waals surface area contributed by atoms with E-state index < -0.39 is 17.2 Å². The maximum atomic E-state index is 12.1. The first-order valence-electron chi connectivity index (χ1n) is 9.31. The number of nitrogens with zero attached hydrogens (tertiary/aromatic N) is 4. The fourth-order valence-electron chi connectivity index (χ4n) is 3.56. The summed E-state index contributed by atoms with van der Waals surface area (Å²) in [5.74, 6) is 2.20. The summed E-state index contributed by atoms with van der Waals surface area (Å²) in [6, 6.07) is 2.86. The molecule has 10 heteroatoms. The van der Waals surface area contributed by atoms with E-state index in [4.69, 9.17) is 10.2 Å². The highest BCUT2D eigenvalue weighted by atomic mass is 32.2. The van der Waals surface area contributed by atoms with E-state index >= 15 is 0 Å². The SMILES string of the molecule is C[C@@H]1C[C@@H](C)CN(c2nnc(S[C@@H](C)C(=O)NC(N)=O)n2Cc2ccco2)C1. The lowest BCUT2D eigenvalue weighted by Gasteiger charge is -2.35. The van der Waals surface area contributed by atoms with Crippen LogP contribution in [-0.4, -0.2) is 45.0 Å². The quantitative estimate of drug-likeness (QED) is 0.705. The van der Waals surface area contributed by atoms with Crippen LogP contribution in [0, 0.1) is 11.8 Å². The molecule has 2 aromatic heterocycles. The molecule has 0 unspecified atom stereocenters. The van der Waals surface area contributed by atoms with Gasteiger partial charge in [-0.2, -0.15) is 0 Å². The summed E-state index contributed by atoms with van der Waals surface area (Å²) >= 11 is 1.23. The number of anilines is 1. The van der Waals surface area contributed by atoms with E-state index in [1.165, 1.54) is 18.2 Å². The number of hydrogen-bond donors (Lipinski definition) is 2. The van der Waals surface area contributed by atoms with Crippen molar-refractivity contribution in [3.8, 4) is 0 Å². The molecule has 0 radical (unpaired) electrons. The molecule has 1 fully saturated rings. The normalized spacial score (nSPS) is 20.8. The van der Waals surface area contributed by atoms with Gasteiger partial charge in [0, 0.05) is 13.1 Å². The van der Waals surface area contributed by atoms with Crippen molar-refractivity contribution in [1.82, 2.24) is 20.1 Å². The van der Waals surface area contributed by atoms with Gasteiger partial charge in [-0.15, -0.1) is 10.2 Å². The number of nitrogens with one attached hydrogen (secondary N) is 1. The number of carbonyl (C=O) groups is 2. The average molecular weight is 407 g/mol. The van der Waals surface area contributed by atoms with Crippen LogP contribution in [0.3, 0.4) is 0 Å². The first kappa shape index (κ1) is 20.2. The third-order valence-corrected chi connectivity index (χ3v) is 5.72. The maximum absolute atomic E-state index is 12.1. The van der Waals surface area contributed by atoms with Crippen molar-refractivity contribution in [3.63, 3.8) is 0 Å². The molecule has 3 rings (SSSR count). The van der Waals surface area contributed by atoms with E-state index in [2.05, 4.69) is 34.3 Å². The maximum Gasteiger partial charge on any atom is 0.318 e. The molecule has 3 atom stereocenters. The highest BCUT2D eigenvalue weighted by Crippen LogP contribution is 2.30. The molecule has 3 heterocycles. The number of thioether (sulfide) groups is 1. The molecule has 28 heavy (non-hydrogen) atoms. The van der Waals surface area contributed by atoms with Gasteiger partial charge in [0.15, 0.2) is 5.16 Å².